The van der Waals surface area contributed by atoms with Gasteiger partial charge in [0.1, 0.15) is 6.04 Å². The van der Waals surface area contributed by atoms with Gasteiger partial charge in [0.05, 0.1) is 13.1 Å². The van der Waals surface area contributed by atoms with E-state index >= 15 is 0 Å². The highest BCUT2D eigenvalue weighted by Gasteiger charge is 2.19. The molecule has 1 N–H and O–H groups in total. The second kappa shape index (κ2) is 2.22. The molecule has 1 aliphatic heterocycles. The minimum Gasteiger partial charge on any atom is -0.466 e. The van der Waals surface area contributed by atoms with E-state index in [1.807, 2.05) is 0 Å². The molecule has 46 valence electrons. The van der Waals surface area contributed by atoms with Crippen LogP contribution in [0.4, 0.5) is 0 Å². The molecule has 2 atom stereocenters. The Kier molecular flexibility index (Phi) is 1.58. The quantitative estimate of drug-likeness (QED) is 0.351. The molecule has 3 nitrogen and oxygen atoms in total. The Morgan fingerprint density at radius 2 is 2.50 bits per heavy atom. The van der Waals surface area contributed by atoms with Gasteiger partial charge >= 0.3 is 0 Å². The van der Waals surface area contributed by atoms with Crippen molar-refractivity contribution in [3.63, 3.8) is 0 Å². The summed E-state index contributed by atoms with van der Waals surface area (Å²) in [6, 6.07) is 0.0440. The summed E-state index contributed by atoms with van der Waals surface area (Å²) in [5.74, 6) is 0. The maximum Gasteiger partial charge on any atom is 0.144 e. The molecule has 0 aromatic carbocycles. The smallest absolute Gasteiger partial charge is 0.144 e. The maximum atomic E-state index is 9.86. The van der Waals surface area contributed by atoms with Crippen molar-refractivity contribution in [2.75, 3.05) is 13.1 Å². The zero-order valence-electron chi connectivity index (χ0n) is 4.76. The second-order valence-corrected chi connectivity index (χ2v) is 2.25. The topological polar surface area (TPSA) is 33.9 Å². The fourth-order valence-electron chi connectivity index (χ4n) is 0.998. The molecule has 1 saturated heterocycles. The summed E-state index contributed by atoms with van der Waals surface area (Å²) in [4.78, 5) is 11.0. The average Bonchev–Trinajstić information content (AvgIpc) is 2.14. The standard InChI is InChI=1S/C5H10N2O/c1-7-3-2-5(4-7)6-8/h5,7H,1-4H2. The molecule has 0 saturated carbocycles. The van der Waals surface area contributed by atoms with Crippen LogP contribution in [-0.2, 0) is 0 Å². The molecular formula is C5H10N2O. The lowest BCUT2D eigenvalue weighted by molar-refractivity contribution is -0.840. The van der Waals surface area contributed by atoms with Crippen molar-refractivity contribution in [2.45, 2.75) is 12.5 Å². The molecular weight excluding hydrogens is 104 g/mol. The summed E-state index contributed by atoms with van der Waals surface area (Å²) in [6.07, 6.45) is 0.919. The third-order valence-electron chi connectivity index (χ3n) is 1.50. The van der Waals surface area contributed by atoms with E-state index in [4.69, 9.17) is 0 Å². The largest absolute Gasteiger partial charge is 0.466 e. The number of quaternary nitrogens is 1. The van der Waals surface area contributed by atoms with Crippen LogP contribution >= 0.6 is 0 Å². The van der Waals surface area contributed by atoms with Crippen LogP contribution in [0.3, 0.4) is 0 Å². The van der Waals surface area contributed by atoms with Crippen LogP contribution in [0.5, 0.6) is 0 Å². The highest BCUT2D eigenvalue weighted by Crippen LogP contribution is 1.96. The fraction of sp³-hybridized carbons (Fsp3) is 0.800. The molecule has 3 heteroatoms. The Morgan fingerprint density at radius 1 is 1.75 bits per heavy atom. The lowest BCUT2D eigenvalue weighted by Gasteiger charge is -2.09. The second-order valence-electron chi connectivity index (χ2n) is 2.25. The first-order valence-electron chi connectivity index (χ1n) is 2.82. The Morgan fingerprint density at radius 3 is 2.75 bits per heavy atom. The SMILES string of the molecule is [CH2-][NH+]1CCC(N=O)C1. The van der Waals surface area contributed by atoms with E-state index in [-0.39, 0.29) is 6.04 Å². The molecule has 1 aliphatic rings. The van der Waals surface area contributed by atoms with Gasteiger partial charge in [0.2, 0.25) is 0 Å². The van der Waals surface area contributed by atoms with Gasteiger partial charge < -0.3 is 4.90 Å². The van der Waals surface area contributed by atoms with Crippen LogP contribution in [0.25, 0.3) is 0 Å². The Labute approximate surface area is 48.6 Å². The lowest BCUT2D eigenvalue weighted by atomic mass is 10.3. The monoisotopic (exact) mass is 114 g/mol. The summed E-state index contributed by atoms with van der Waals surface area (Å²) in [7, 11) is 3.75. The molecule has 1 rings (SSSR count). The number of nitrogens with zero attached hydrogens (tertiary/aromatic N) is 1. The summed E-state index contributed by atoms with van der Waals surface area (Å²) >= 11 is 0. The molecule has 0 aromatic rings. The Hall–Kier alpha value is -0.440. The van der Waals surface area contributed by atoms with Crippen molar-refractivity contribution in [2.24, 2.45) is 5.18 Å². The van der Waals surface area contributed by atoms with Gasteiger partial charge in [-0.05, 0) is 0 Å². The van der Waals surface area contributed by atoms with Gasteiger partial charge in [-0.3, -0.25) is 0 Å². The first kappa shape index (κ1) is 5.69. The van der Waals surface area contributed by atoms with Crippen molar-refractivity contribution >= 4 is 0 Å². The van der Waals surface area contributed by atoms with E-state index in [0.29, 0.717) is 0 Å². The molecule has 2 unspecified atom stereocenters. The van der Waals surface area contributed by atoms with E-state index in [1.54, 1.807) is 0 Å². The number of nitroso groups, excluding NO2 is 1. The number of hydrogen-bond donors (Lipinski definition) is 1. The van der Waals surface area contributed by atoms with Gasteiger partial charge in [-0.15, -0.1) is 0 Å². The van der Waals surface area contributed by atoms with Crippen LogP contribution in [-0.4, -0.2) is 19.1 Å². The molecule has 1 fully saturated rings. The van der Waals surface area contributed by atoms with Crippen LogP contribution in [0.15, 0.2) is 5.18 Å². The molecule has 0 aliphatic carbocycles. The van der Waals surface area contributed by atoms with Crippen molar-refractivity contribution in [3.8, 4) is 0 Å². The van der Waals surface area contributed by atoms with E-state index in [2.05, 4.69) is 12.2 Å². The van der Waals surface area contributed by atoms with E-state index in [9.17, 15) is 4.91 Å². The molecule has 0 aromatic heterocycles. The average molecular weight is 114 g/mol. The summed E-state index contributed by atoms with van der Waals surface area (Å²) < 4.78 is 0. The molecule has 0 radical (unpaired) electrons. The molecule has 8 heavy (non-hydrogen) atoms. The molecule has 1 heterocycles. The highest BCUT2D eigenvalue weighted by molar-refractivity contribution is 4.67. The fourth-order valence-corrected chi connectivity index (χ4v) is 0.998. The summed E-state index contributed by atoms with van der Waals surface area (Å²) in [5, 5.41) is 2.93. The predicted molar refractivity (Wildman–Crippen MR) is 30.3 cm³/mol. The van der Waals surface area contributed by atoms with E-state index in [0.717, 1.165) is 19.5 Å². The van der Waals surface area contributed by atoms with Crippen LogP contribution in [0, 0.1) is 12.0 Å². The van der Waals surface area contributed by atoms with Gasteiger partial charge in [0.15, 0.2) is 0 Å². The minimum atomic E-state index is 0.0440. The normalized spacial score (nSPS) is 37.6. The first-order chi connectivity index (χ1) is 3.83. The predicted octanol–water partition coefficient (Wildman–Crippen LogP) is -0.798. The Balaban J connectivity index is 2.32. The van der Waals surface area contributed by atoms with Gasteiger partial charge in [-0.2, -0.15) is 12.0 Å². The van der Waals surface area contributed by atoms with Crippen LogP contribution in [0.1, 0.15) is 6.42 Å². The van der Waals surface area contributed by atoms with Crippen LogP contribution in [0.2, 0.25) is 0 Å². The number of nitrogens with one attached hydrogen (secondary N) is 1. The molecule has 0 spiro atoms. The van der Waals surface area contributed by atoms with Gasteiger partial charge in [-0.25, -0.2) is 0 Å². The minimum absolute atomic E-state index is 0.0440. The van der Waals surface area contributed by atoms with Gasteiger partial charge in [0, 0.05) is 6.42 Å². The number of rotatable bonds is 1. The Bertz CT molecular complexity index is 94.4. The van der Waals surface area contributed by atoms with Crippen molar-refractivity contribution in [3.05, 3.63) is 12.0 Å². The number of likely N-dealkylation sites (tertiary alicyclic amines) is 1. The first-order valence-corrected chi connectivity index (χ1v) is 2.82. The third kappa shape index (κ3) is 1.04. The summed E-state index contributed by atoms with van der Waals surface area (Å²) in [5.41, 5.74) is 0. The van der Waals surface area contributed by atoms with Crippen LogP contribution < -0.4 is 4.90 Å². The number of hydrogen-bond acceptors (Lipinski definition) is 2. The maximum absolute atomic E-state index is 9.86. The van der Waals surface area contributed by atoms with Crippen molar-refractivity contribution in [1.29, 1.82) is 0 Å². The zero-order chi connectivity index (χ0) is 5.98. The van der Waals surface area contributed by atoms with E-state index < -0.39 is 0 Å². The van der Waals surface area contributed by atoms with Crippen molar-refractivity contribution in [1.82, 2.24) is 0 Å². The zero-order valence-corrected chi connectivity index (χ0v) is 4.76. The van der Waals surface area contributed by atoms with Gasteiger partial charge in [-0.1, -0.05) is 5.18 Å². The lowest BCUT2D eigenvalue weighted by Crippen LogP contribution is -3.05. The third-order valence-corrected chi connectivity index (χ3v) is 1.50. The highest BCUT2D eigenvalue weighted by atomic mass is 16.3. The molecule has 0 bridgehead atoms. The van der Waals surface area contributed by atoms with E-state index in [1.165, 1.54) is 4.90 Å². The van der Waals surface area contributed by atoms with Gasteiger partial charge in [0.25, 0.3) is 0 Å². The molecule has 0 amide bonds. The summed E-state index contributed by atoms with van der Waals surface area (Å²) in [6.45, 7) is 1.82. The van der Waals surface area contributed by atoms with Crippen molar-refractivity contribution < 1.29 is 4.90 Å².